The number of aliphatic carboxylic acids is 1. The van der Waals surface area contributed by atoms with Crippen molar-refractivity contribution in [2.75, 3.05) is 26.2 Å². The molecule has 0 radical (unpaired) electrons. The van der Waals surface area contributed by atoms with Crippen LogP contribution in [-0.4, -0.2) is 48.1 Å². The van der Waals surface area contributed by atoms with E-state index in [0.29, 0.717) is 5.75 Å². The van der Waals surface area contributed by atoms with Crippen molar-refractivity contribution in [3.63, 3.8) is 0 Å². The Morgan fingerprint density at radius 2 is 1.77 bits per heavy atom. The molecule has 0 unspecified atom stereocenters. The maximum Gasteiger partial charge on any atom is 0.341 e. The molecule has 0 spiro atoms. The van der Waals surface area contributed by atoms with Crippen LogP contribution in [-0.2, 0) is 15.0 Å². The number of benzene rings is 2. The van der Waals surface area contributed by atoms with E-state index in [2.05, 4.69) is 22.3 Å². The van der Waals surface area contributed by atoms with E-state index >= 15 is 0 Å². The van der Waals surface area contributed by atoms with Gasteiger partial charge in [0.2, 0.25) is 5.91 Å². The molecule has 166 valence electrons. The van der Waals surface area contributed by atoms with Gasteiger partial charge in [0.15, 0.2) is 6.61 Å². The zero-order chi connectivity index (χ0) is 21.0. The van der Waals surface area contributed by atoms with Crippen LogP contribution in [0.2, 0.25) is 0 Å². The number of carboxylic acid groups (broad SMARTS) is 1. The summed E-state index contributed by atoms with van der Waals surface area (Å²) in [6, 6.07) is 17.4. The number of amides is 1. The quantitative estimate of drug-likeness (QED) is 0.623. The monoisotopic (exact) mass is 442 g/mol. The molecule has 2 aromatic rings. The number of ether oxygens (including phenoxy) is 1. The molecule has 4 rings (SSSR count). The Morgan fingerprint density at radius 1 is 1.06 bits per heavy atom. The normalized spacial score (nSPS) is 17.9. The van der Waals surface area contributed by atoms with Gasteiger partial charge in [-0.05, 0) is 62.0 Å². The molecule has 1 aliphatic carbocycles. The van der Waals surface area contributed by atoms with Crippen molar-refractivity contribution in [1.82, 2.24) is 10.2 Å². The first kappa shape index (κ1) is 23.2. The molecule has 1 saturated heterocycles. The van der Waals surface area contributed by atoms with Crippen molar-refractivity contribution < 1.29 is 19.4 Å². The van der Waals surface area contributed by atoms with Gasteiger partial charge in [0, 0.05) is 6.54 Å². The minimum Gasteiger partial charge on any atom is -0.482 e. The van der Waals surface area contributed by atoms with Gasteiger partial charge < -0.3 is 20.1 Å². The van der Waals surface area contributed by atoms with Crippen LogP contribution in [0.1, 0.15) is 42.9 Å². The van der Waals surface area contributed by atoms with Gasteiger partial charge in [-0.2, -0.15) is 13.5 Å². The molecule has 2 N–H and O–H groups in total. The molecule has 1 amide bonds. The predicted octanol–water partition coefficient (Wildman–Crippen LogP) is 3.25. The molecular formula is C24H30N2O4S. The van der Waals surface area contributed by atoms with E-state index in [1.807, 2.05) is 30.3 Å². The number of rotatable bonds is 9. The molecule has 1 saturated carbocycles. The largest absolute Gasteiger partial charge is 0.482 e. The van der Waals surface area contributed by atoms with Gasteiger partial charge >= 0.3 is 5.97 Å². The number of hydrogen-bond donors (Lipinski definition) is 2. The number of nitrogens with one attached hydrogen (secondary N) is 1. The number of hydrogen-bond acceptors (Lipinski definition) is 4. The summed E-state index contributed by atoms with van der Waals surface area (Å²) in [7, 11) is 0. The molecule has 1 atom stereocenters. The summed E-state index contributed by atoms with van der Waals surface area (Å²) >= 11 is 0. The lowest BCUT2D eigenvalue weighted by molar-refractivity contribution is -0.139. The number of carbonyl (C=O) groups excluding carboxylic acids is 1. The summed E-state index contributed by atoms with van der Waals surface area (Å²) < 4.78 is 5.31. The van der Waals surface area contributed by atoms with Crippen molar-refractivity contribution in [1.29, 1.82) is 0 Å². The van der Waals surface area contributed by atoms with E-state index < -0.39 is 18.0 Å². The van der Waals surface area contributed by atoms with Gasteiger partial charge in [0.05, 0.1) is 11.5 Å². The van der Waals surface area contributed by atoms with Crippen molar-refractivity contribution in [3.05, 3.63) is 65.7 Å². The summed E-state index contributed by atoms with van der Waals surface area (Å²) in [5.41, 5.74) is 1.45. The van der Waals surface area contributed by atoms with E-state index in [-0.39, 0.29) is 25.4 Å². The molecule has 1 aliphatic heterocycles. The topological polar surface area (TPSA) is 78.9 Å². The first-order valence-corrected chi connectivity index (χ1v) is 10.6. The van der Waals surface area contributed by atoms with Gasteiger partial charge in [-0.1, -0.05) is 42.5 Å². The van der Waals surface area contributed by atoms with Crippen LogP contribution in [0.25, 0.3) is 0 Å². The lowest BCUT2D eigenvalue weighted by Crippen LogP contribution is -2.41. The average molecular weight is 443 g/mol. The fraction of sp³-hybridized carbons (Fsp3) is 0.417. The Hall–Kier alpha value is -2.51. The van der Waals surface area contributed by atoms with Crippen LogP contribution in [0.15, 0.2) is 54.6 Å². The fourth-order valence-electron chi connectivity index (χ4n) is 4.24. The van der Waals surface area contributed by atoms with Gasteiger partial charge in [-0.3, -0.25) is 4.79 Å². The molecule has 0 aromatic heterocycles. The maximum absolute atomic E-state index is 13.4. The molecule has 6 nitrogen and oxygen atoms in total. The first-order chi connectivity index (χ1) is 14.6. The van der Waals surface area contributed by atoms with Gasteiger partial charge in [0.25, 0.3) is 0 Å². The second-order valence-corrected chi connectivity index (χ2v) is 8.24. The summed E-state index contributed by atoms with van der Waals surface area (Å²) in [6.07, 6.45) is 3.99. The van der Waals surface area contributed by atoms with Crippen LogP contribution >= 0.6 is 13.5 Å². The first-order valence-electron chi connectivity index (χ1n) is 10.6. The van der Waals surface area contributed by atoms with Crippen LogP contribution in [0.5, 0.6) is 5.75 Å². The molecule has 2 aromatic carbocycles. The van der Waals surface area contributed by atoms with Crippen LogP contribution < -0.4 is 10.1 Å². The Kier molecular flexibility index (Phi) is 7.62. The smallest absolute Gasteiger partial charge is 0.341 e. The van der Waals surface area contributed by atoms with Crippen molar-refractivity contribution in [2.24, 2.45) is 0 Å². The van der Waals surface area contributed by atoms with E-state index in [0.717, 1.165) is 43.6 Å². The Balaban J connectivity index is 0.00000272. The van der Waals surface area contributed by atoms with Gasteiger partial charge in [-0.25, -0.2) is 4.79 Å². The number of carboxylic acids is 1. The second kappa shape index (κ2) is 10.2. The molecule has 0 bridgehead atoms. The van der Waals surface area contributed by atoms with Crippen molar-refractivity contribution >= 4 is 25.4 Å². The number of likely N-dealkylation sites (tertiary alicyclic amines) is 1. The average Bonchev–Trinajstić information content (AvgIpc) is 3.43. The maximum atomic E-state index is 13.4. The molecule has 7 heteroatoms. The molecule has 1 heterocycles. The summed E-state index contributed by atoms with van der Waals surface area (Å²) in [6.45, 7) is 2.57. The van der Waals surface area contributed by atoms with Crippen LogP contribution in [0, 0.1) is 0 Å². The fourth-order valence-corrected chi connectivity index (χ4v) is 4.24. The summed E-state index contributed by atoms with van der Waals surface area (Å²) in [5, 5.41) is 12.2. The third-order valence-electron chi connectivity index (χ3n) is 6.08. The van der Waals surface area contributed by atoms with Crippen LogP contribution in [0.3, 0.4) is 0 Å². The molecule has 2 fully saturated rings. The van der Waals surface area contributed by atoms with E-state index in [1.54, 1.807) is 12.1 Å². The standard InChI is InChI=1S/C24H28N2O4.H2S/c27-22(28)17-30-20-10-6-9-19(15-20)24(11-12-24)23(29)25-21(16-26-13-4-5-14-26)18-7-2-1-3-8-18;/h1-3,6-10,15,21H,4-5,11-14,16-17H2,(H,25,29)(H,27,28);1H2/t21-;/m1./s1. The molecule has 2 aliphatic rings. The third kappa shape index (κ3) is 5.60. The Morgan fingerprint density at radius 3 is 2.42 bits per heavy atom. The second-order valence-electron chi connectivity index (χ2n) is 8.24. The number of carbonyl (C=O) groups is 2. The minimum absolute atomic E-state index is 0. The van der Waals surface area contributed by atoms with Crippen molar-refractivity contribution in [2.45, 2.75) is 37.1 Å². The zero-order valence-corrected chi connectivity index (χ0v) is 18.5. The summed E-state index contributed by atoms with van der Waals surface area (Å²) in [5.74, 6) is -0.511. The number of nitrogens with zero attached hydrogens (tertiary/aromatic N) is 1. The highest BCUT2D eigenvalue weighted by Crippen LogP contribution is 2.49. The van der Waals surface area contributed by atoms with E-state index in [4.69, 9.17) is 9.84 Å². The highest BCUT2D eigenvalue weighted by atomic mass is 32.1. The van der Waals surface area contributed by atoms with Gasteiger partial charge in [0.1, 0.15) is 5.75 Å². The minimum atomic E-state index is -1.02. The Bertz CT molecular complexity index is 895. The molecular weight excluding hydrogens is 412 g/mol. The van der Waals surface area contributed by atoms with Crippen LogP contribution in [0.4, 0.5) is 0 Å². The predicted molar refractivity (Wildman–Crippen MR) is 124 cm³/mol. The molecule has 31 heavy (non-hydrogen) atoms. The lowest BCUT2D eigenvalue weighted by Gasteiger charge is -2.27. The summed E-state index contributed by atoms with van der Waals surface area (Å²) in [4.78, 5) is 26.6. The van der Waals surface area contributed by atoms with E-state index in [1.165, 1.54) is 12.8 Å². The zero-order valence-electron chi connectivity index (χ0n) is 17.5. The highest BCUT2D eigenvalue weighted by molar-refractivity contribution is 7.59. The van der Waals surface area contributed by atoms with E-state index in [9.17, 15) is 9.59 Å². The van der Waals surface area contributed by atoms with Crippen molar-refractivity contribution in [3.8, 4) is 5.75 Å². The lowest BCUT2D eigenvalue weighted by atomic mass is 9.93. The Labute approximate surface area is 190 Å². The SMILES string of the molecule is O=C(O)COc1cccc(C2(C(=O)N[C@H](CN3CCCC3)c3ccccc3)CC2)c1.S. The highest BCUT2D eigenvalue weighted by Gasteiger charge is 2.51. The van der Waals surface area contributed by atoms with Gasteiger partial charge in [-0.15, -0.1) is 0 Å². The third-order valence-corrected chi connectivity index (χ3v) is 6.08.